The van der Waals surface area contributed by atoms with Crippen LogP contribution >= 0.6 is 15.9 Å². The summed E-state index contributed by atoms with van der Waals surface area (Å²) in [5.41, 5.74) is 4.91. The minimum absolute atomic E-state index is 0.135. The van der Waals surface area contributed by atoms with Gasteiger partial charge in [-0.3, -0.25) is 0 Å². The summed E-state index contributed by atoms with van der Waals surface area (Å²) in [4.78, 5) is 0. The number of nitrogens with one attached hydrogen (secondary N) is 1. The number of methoxy groups -OCH3 is 1. The Balaban J connectivity index is 1.78. The van der Waals surface area contributed by atoms with Crippen molar-refractivity contribution in [1.82, 2.24) is 0 Å². The molecule has 27 heavy (non-hydrogen) atoms. The van der Waals surface area contributed by atoms with E-state index in [4.69, 9.17) is 14.2 Å². The second kappa shape index (κ2) is 7.72. The van der Waals surface area contributed by atoms with Gasteiger partial charge in [0.15, 0.2) is 11.5 Å². The van der Waals surface area contributed by atoms with Crippen LogP contribution in [0.15, 0.2) is 34.8 Å². The highest BCUT2D eigenvalue weighted by molar-refractivity contribution is 9.10. The Hall–Kier alpha value is -1.72. The van der Waals surface area contributed by atoms with E-state index in [2.05, 4.69) is 58.5 Å². The Morgan fingerprint density at radius 3 is 2.89 bits per heavy atom. The van der Waals surface area contributed by atoms with E-state index in [1.807, 2.05) is 6.92 Å². The number of hydrogen-bond acceptors (Lipinski definition) is 4. The fourth-order valence-electron chi connectivity index (χ4n) is 4.35. The van der Waals surface area contributed by atoms with Crippen LogP contribution in [0.1, 0.15) is 48.6 Å². The van der Waals surface area contributed by atoms with Gasteiger partial charge in [0.1, 0.15) is 0 Å². The van der Waals surface area contributed by atoms with E-state index in [0.717, 1.165) is 35.4 Å². The van der Waals surface area contributed by atoms with Crippen molar-refractivity contribution in [3.8, 4) is 11.5 Å². The van der Waals surface area contributed by atoms with E-state index in [9.17, 15) is 0 Å². The van der Waals surface area contributed by atoms with Crippen LogP contribution in [-0.4, -0.2) is 20.3 Å². The predicted octanol–water partition coefficient (Wildman–Crippen LogP) is 5.80. The van der Waals surface area contributed by atoms with E-state index < -0.39 is 0 Å². The van der Waals surface area contributed by atoms with Crippen molar-refractivity contribution >= 4 is 21.6 Å². The summed E-state index contributed by atoms with van der Waals surface area (Å²) in [5, 5.41) is 3.78. The fourth-order valence-corrected chi connectivity index (χ4v) is 4.97. The summed E-state index contributed by atoms with van der Waals surface area (Å²) in [5.74, 6) is 1.90. The van der Waals surface area contributed by atoms with E-state index in [1.165, 1.54) is 22.4 Å². The maximum atomic E-state index is 6.26. The largest absolute Gasteiger partial charge is 0.492 e. The summed E-state index contributed by atoms with van der Waals surface area (Å²) < 4.78 is 18.6. The molecule has 2 aromatic carbocycles. The number of aryl methyl sites for hydroxylation is 1. The topological polar surface area (TPSA) is 39.7 Å². The highest BCUT2D eigenvalue weighted by Gasteiger charge is 2.40. The SMILES string of the molecule is CCOc1cc([C@@H]2Nc3ccc(C)cc3[C@H]3OCCC[C@H]32)cc(Br)c1OC. The van der Waals surface area contributed by atoms with Crippen LogP contribution in [-0.2, 0) is 4.74 Å². The smallest absolute Gasteiger partial charge is 0.174 e. The maximum Gasteiger partial charge on any atom is 0.174 e. The van der Waals surface area contributed by atoms with Crippen LogP contribution in [0.3, 0.4) is 0 Å². The van der Waals surface area contributed by atoms with Crippen molar-refractivity contribution in [3.63, 3.8) is 0 Å². The molecule has 0 spiro atoms. The molecule has 3 atom stereocenters. The summed E-state index contributed by atoms with van der Waals surface area (Å²) in [6.07, 6.45) is 2.37. The third-order valence-corrected chi connectivity index (χ3v) is 6.10. The summed E-state index contributed by atoms with van der Waals surface area (Å²) in [6.45, 7) is 5.56. The zero-order chi connectivity index (χ0) is 19.0. The number of hydrogen-bond donors (Lipinski definition) is 1. The second-order valence-electron chi connectivity index (χ2n) is 7.28. The van der Waals surface area contributed by atoms with Gasteiger partial charge in [0, 0.05) is 23.8 Å². The molecule has 0 bridgehead atoms. The Kier molecular flexibility index (Phi) is 5.33. The molecule has 2 heterocycles. The summed E-state index contributed by atoms with van der Waals surface area (Å²) >= 11 is 3.66. The van der Waals surface area contributed by atoms with Crippen LogP contribution in [0, 0.1) is 12.8 Å². The van der Waals surface area contributed by atoms with Gasteiger partial charge in [-0.15, -0.1) is 0 Å². The lowest BCUT2D eigenvalue weighted by atomic mass is 9.77. The Labute approximate surface area is 169 Å². The Morgan fingerprint density at radius 1 is 1.26 bits per heavy atom. The van der Waals surface area contributed by atoms with Gasteiger partial charge in [0.25, 0.3) is 0 Å². The van der Waals surface area contributed by atoms with Crippen molar-refractivity contribution < 1.29 is 14.2 Å². The zero-order valence-electron chi connectivity index (χ0n) is 16.0. The lowest BCUT2D eigenvalue weighted by Gasteiger charge is -2.43. The van der Waals surface area contributed by atoms with E-state index in [1.54, 1.807) is 7.11 Å². The van der Waals surface area contributed by atoms with Crippen LogP contribution in [0.4, 0.5) is 5.69 Å². The van der Waals surface area contributed by atoms with Crippen LogP contribution < -0.4 is 14.8 Å². The molecule has 0 radical (unpaired) electrons. The standard InChI is InChI=1S/C22H26BrNO3/c1-4-26-19-12-14(11-17(23)22(19)25-3)20-15-6-5-9-27-21(15)16-10-13(2)7-8-18(16)24-20/h7-8,10-12,15,20-21,24H,4-6,9H2,1-3H3/t15-,20-,21-/m0/s1. The summed E-state index contributed by atoms with van der Waals surface area (Å²) in [7, 11) is 1.67. The zero-order valence-corrected chi connectivity index (χ0v) is 17.6. The minimum atomic E-state index is 0.135. The first-order valence-electron chi connectivity index (χ1n) is 9.61. The van der Waals surface area contributed by atoms with Gasteiger partial charge in [-0.1, -0.05) is 17.7 Å². The number of rotatable bonds is 4. The van der Waals surface area contributed by atoms with Crippen LogP contribution in [0.5, 0.6) is 11.5 Å². The quantitative estimate of drug-likeness (QED) is 0.663. The lowest BCUT2D eigenvalue weighted by molar-refractivity contribution is -0.0381. The molecule has 2 aromatic rings. The molecule has 1 N–H and O–H groups in total. The fraction of sp³-hybridized carbons (Fsp3) is 0.455. The van der Waals surface area contributed by atoms with Crippen molar-refractivity contribution in [2.24, 2.45) is 5.92 Å². The molecule has 2 aliphatic heterocycles. The van der Waals surface area contributed by atoms with E-state index >= 15 is 0 Å². The van der Waals surface area contributed by atoms with E-state index in [-0.39, 0.29) is 12.1 Å². The van der Waals surface area contributed by atoms with Crippen molar-refractivity contribution in [1.29, 1.82) is 0 Å². The van der Waals surface area contributed by atoms with Gasteiger partial charge in [0.2, 0.25) is 0 Å². The van der Waals surface area contributed by atoms with Crippen molar-refractivity contribution in [3.05, 3.63) is 51.5 Å². The monoisotopic (exact) mass is 431 g/mol. The Bertz CT molecular complexity index is 839. The molecule has 1 saturated heterocycles. The number of ether oxygens (including phenoxy) is 3. The molecular formula is C22H26BrNO3. The Morgan fingerprint density at radius 2 is 2.11 bits per heavy atom. The molecule has 4 rings (SSSR count). The van der Waals surface area contributed by atoms with E-state index in [0.29, 0.717) is 12.5 Å². The molecule has 144 valence electrons. The van der Waals surface area contributed by atoms with Gasteiger partial charge >= 0.3 is 0 Å². The molecular weight excluding hydrogens is 406 g/mol. The highest BCUT2D eigenvalue weighted by Crippen LogP contribution is 2.50. The molecule has 0 aromatic heterocycles. The molecule has 0 unspecified atom stereocenters. The first-order valence-corrected chi connectivity index (χ1v) is 10.4. The average molecular weight is 432 g/mol. The predicted molar refractivity (Wildman–Crippen MR) is 111 cm³/mol. The lowest BCUT2D eigenvalue weighted by Crippen LogP contribution is -2.36. The molecule has 2 aliphatic rings. The van der Waals surface area contributed by atoms with Gasteiger partial charge < -0.3 is 19.5 Å². The van der Waals surface area contributed by atoms with Gasteiger partial charge in [-0.25, -0.2) is 0 Å². The van der Waals surface area contributed by atoms with Crippen molar-refractivity contribution in [2.75, 3.05) is 25.6 Å². The number of fused-ring (bicyclic) bond motifs is 3. The first kappa shape index (κ1) is 18.6. The van der Waals surface area contributed by atoms with Gasteiger partial charge in [0.05, 0.1) is 30.3 Å². The minimum Gasteiger partial charge on any atom is -0.492 e. The molecule has 0 aliphatic carbocycles. The van der Waals surface area contributed by atoms with Crippen molar-refractivity contribution in [2.45, 2.75) is 38.8 Å². The third kappa shape index (κ3) is 3.43. The number of anilines is 1. The van der Waals surface area contributed by atoms with Crippen LogP contribution in [0.2, 0.25) is 0 Å². The number of halogens is 1. The third-order valence-electron chi connectivity index (χ3n) is 5.52. The molecule has 0 saturated carbocycles. The highest BCUT2D eigenvalue weighted by atomic mass is 79.9. The second-order valence-corrected chi connectivity index (χ2v) is 8.13. The van der Waals surface area contributed by atoms with Gasteiger partial charge in [-0.05, 0) is 66.4 Å². The normalized spacial score (nSPS) is 23.8. The molecule has 5 heteroatoms. The first-order chi connectivity index (χ1) is 13.1. The number of benzene rings is 2. The average Bonchev–Trinajstić information content (AvgIpc) is 2.67. The van der Waals surface area contributed by atoms with Crippen LogP contribution in [0.25, 0.3) is 0 Å². The van der Waals surface area contributed by atoms with Gasteiger partial charge in [-0.2, -0.15) is 0 Å². The maximum absolute atomic E-state index is 6.26. The molecule has 4 nitrogen and oxygen atoms in total. The molecule has 0 amide bonds. The molecule has 1 fully saturated rings. The summed E-state index contributed by atoms with van der Waals surface area (Å²) in [6, 6.07) is 11.0.